The van der Waals surface area contributed by atoms with Crippen molar-refractivity contribution in [3.63, 3.8) is 0 Å². The average Bonchev–Trinajstić information content (AvgIpc) is 2.69. The quantitative estimate of drug-likeness (QED) is 0.843. The number of carboxylic acid groups (broad SMARTS) is 1. The third kappa shape index (κ3) is 3.85. The van der Waals surface area contributed by atoms with Gasteiger partial charge in [0.05, 0.1) is 12.3 Å². The fourth-order valence-corrected chi connectivity index (χ4v) is 3.60. The SMILES string of the molecule is COCC1(C(=O)O)CCCN(C(=O)C2=NN(c3ccccc3)C(=O)CC2)C1. The van der Waals surface area contributed by atoms with E-state index in [1.807, 2.05) is 6.07 Å². The van der Waals surface area contributed by atoms with Gasteiger partial charge < -0.3 is 14.7 Å². The monoisotopic (exact) mass is 373 g/mol. The number of para-hydroxylation sites is 1. The zero-order valence-corrected chi connectivity index (χ0v) is 15.3. The Labute approximate surface area is 157 Å². The molecule has 0 aliphatic carbocycles. The van der Waals surface area contributed by atoms with E-state index in [1.165, 1.54) is 17.0 Å². The van der Waals surface area contributed by atoms with Gasteiger partial charge in [-0.3, -0.25) is 14.4 Å². The number of rotatable bonds is 5. The normalized spacial score (nSPS) is 23.1. The lowest BCUT2D eigenvalue weighted by atomic mass is 9.80. The van der Waals surface area contributed by atoms with E-state index in [0.717, 1.165) is 0 Å². The lowest BCUT2D eigenvalue weighted by Gasteiger charge is -2.39. The molecule has 27 heavy (non-hydrogen) atoms. The first-order valence-electron chi connectivity index (χ1n) is 8.94. The molecule has 8 heteroatoms. The van der Waals surface area contributed by atoms with Crippen LogP contribution in [0.1, 0.15) is 25.7 Å². The fourth-order valence-electron chi connectivity index (χ4n) is 3.60. The number of hydrogen-bond donors (Lipinski definition) is 1. The molecule has 1 aromatic rings. The number of carbonyl (C=O) groups is 3. The van der Waals surface area contributed by atoms with Gasteiger partial charge >= 0.3 is 5.97 Å². The van der Waals surface area contributed by atoms with Gasteiger partial charge in [0.15, 0.2) is 0 Å². The van der Waals surface area contributed by atoms with Crippen molar-refractivity contribution in [2.24, 2.45) is 10.5 Å². The summed E-state index contributed by atoms with van der Waals surface area (Å²) in [4.78, 5) is 38.5. The van der Waals surface area contributed by atoms with E-state index in [0.29, 0.717) is 25.1 Å². The lowest BCUT2D eigenvalue weighted by molar-refractivity contribution is -0.158. The van der Waals surface area contributed by atoms with Crippen LogP contribution in [0.3, 0.4) is 0 Å². The predicted octanol–water partition coefficient (Wildman–Crippen LogP) is 1.51. The Bertz CT molecular complexity index is 760. The van der Waals surface area contributed by atoms with E-state index in [-0.39, 0.29) is 43.5 Å². The topological polar surface area (TPSA) is 99.5 Å². The minimum Gasteiger partial charge on any atom is -0.481 e. The van der Waals surface area contributed by atoms with Crippen LogP contribution in [0.2, 0.25) is 0 Å². The Morgan fingerprint density at radius 1 is 1.26 bits per heavy atom. The van der Waals surface area contributed by atoms with Gasteiger partial charge in [-0.25, -0.2) is 5.01 Å². The number of amides is 2. The number of likely N-dealkylation sites (tertiary alicyclic amines) is 1. The summed E-state index contributed by atoms with van der Waals surface area (Å²) >= 11 is 0. The first kappa shape index (κ1) is 19.0. The summed E-state index contributed by atoms with van der Waals surface area (Å²) in [5.41, 5.74) is -0.227. The molecule has 1 fully saturated rings. The highest BCUT2D eigenvalue weighted by Crippen LogP contribution is 2.31. The van der Waals surface area contributed by atoms with Crippen molar-refractivity contribution in [2.75, 3.05) is 31.8 Å². The fraction of sp³-hybridized carbons (Fsp3) is 0.474. The van der Waals surface area contributed by atoms with Gasteiger partial charge in [-0.05, 0) is 25.0 Å². The summed E-state index contributed by atoms with van der Waals surface area (Å²) in [6.07, 6.45) is 1.48. The molecular weight excluding hydrogens is 350 g/mol. The van der Waals surface area contributed by atoms with Gasteiger partial charge in [-0.15, -0.1) is 0 Å². The minimum atomic E-state index is -1.10. The number of nitrogens with zero attached hydrogens (tertiary/aromatic N) is 3. The van der Waals surface area contributed by atoms with Crippen molar-refractivity contribution in [2.45, 2.75) is 25.7 Å². The molecule has 1 aromatic carbocycles. The molecular formula is C19H23N3O5. The van der Waals surface area contributed by atoms with E-state index in [2.05, 4.69) is 5.10 Å². The maximum absolute atomic E-state index is 13.0. The van der Waals surface area contributed by atoms with Crippen molar-refractivity contribution < 1.29 is 24.2 Å². The summed E-state index contributed by atoms with van der Waals surface area (Å²) < 4.78 is 5.11. The molecule has 1 N–H and O–H groups in total. The molecule has 3 rings (SSSR count). The minimum absolute atomic E-state index is 0.0488. The summed E-state index contributed by atoms with van der Waals surface area (Å²) in [5.74, 6) is -1.45. The molecule has 2 heterocycles. The zero-order valence-electron chi connectivity index (χ0n) is 15.3. The Kier molecular flexibility index (Phi) is 5.55. The number of carbonyl (C=O) groups excluding carboxylic acids is 2. The largest absolute Gasteiger partial charge is 0.481 e. The van der Waals surface area contributed by atoms with Crippen molar-refractivity contribution in [1.29, 1.82) is 0 Å². The standard InChI is InChI=1S/C19H23N3O5/c1-27-13-19(18(25)26)10-5-11-21(12-19)17(24)15-8-9-16(23)22(20-15)14-6-3-2-4-7-14/h2-4,6-7H,5,8-13H2,1H3,(H,25,26). The molecule has 2 amide bonds. The highest BCUT2D eigenvalue weighted by molar-refractivity contribution is 6.40. The van der Waals surface area contributed by atoms with Crippen molar-refractivity contribution in [3.05, 3.63) is 30.3 Å². The molecule has 0 aromatic heterocycles. The van der Waals surface area contributed by atoms with Crippen LogP contribution in [0, 0.1) is 5.41 Å². The second kappa shape index (κ2) is 7.87. The van der Waals surface area contributed by atoms with Gasteiger partial charge in [0.1, 0.15) is 11.1 Å². The van der Waals surface area contributed by atoms with Crippen LogP contribution >= 0.6 is 0 Å². The maximum Gasteiger partial charge on any atom is 0.313 e. The molecule has 2 aliphatic heterocycles. The third-order valence-electron chi connectivity index (χ3n) is 5.02. The molecule has 1 saturated heterocycles. The van der Waals surface area contributed by atoms with Crippen LogP contribution in [0.15, 0.2) is 35.4 Å². The van der Waals surface area contributed by atoms with Crippen LogP contribution in [-0.4, -0.2) is 60.3 Å². The number of piperidine rings is 1. The zero-order chi connectivity index (χ0) is 19.4. The van der Waals surface area contributed by atoms with Gasteiger partial charge in [0, 0.05) is 33.0 Å². The van der Waals surface area contributed by atoms with Crippen molar-refractivity contribution >= 4 is 29.2 Å². The summed E-state index contributed by atoms with van der Waals surface area (Å²) in [7, 11) is 1.46. The molecule has 0 radical (unpaired) electrons. The molecule has 8 nitrogen and oxygen atoms in total. The summed E-state index contributed by atoms with van der Waals surface area (Å²) in [6, 6.07) is 8.94. The Hall–Kier alpha value is -2.74. The van der Waals surface area contributed by atoms with E-state index < -0.39 is 11.4 Å². The second-order valence-corrected chi connectivity index (χ2v) is 6.94. The number of methoxy groups -OCH3 is 1. The van der Waals surface area contributed by atoms with Crippen LogP contribution in [0.25, 0.3) is 0 Å². The molecule has 0 bridgehead atoms. The number of ether oxygens (including phenoxy) is 1. The van der Waals surface area contributed by atoms with Crippen LogP contribution in [-0.2, 0) is 19.1 Å². The highest BCUT2D eigenvalue weighted by Gasteiger charge is 2.44. The smallest absolute Gasteiger partial charge is 0.313 e. The van der Waals surface area contributed by atoms with E-state index >= 15 is 0 Å². The van der Waals surface area contributed by atoms with Gasteiger partial charge in [0.2, 0.25) is 5.91 Å². The Morgan fingerprint density at radius 2 is 2.00 bits per heavy atom. The molecule has 1 atom stereocenters. The van der Waals surface area contributed by atoms with E-state index in [4.69, 9.17) is 4.74 Å². The van der Waals surface area contributed by atoms with Crippen molar-refractivity contribution in [3.8, 4) is 0 Å². The number of aliphatic carboxylic acids is 1. The Balaban J connectivity index is 1.82. The summed E-state index contributed by atoms with van der Waals surface area (Å²) in [5, 5.41) is 15.2. The number of hydrogen-bond acceptors (Lipinski definition) is 5. The van der Waals surface area contributed by atoms with Gasteiger partial charge in [0.25, 0.3) is 5.91 Å². The molecule has 1 unspecified atom stereocenters. The van der Waals surface area contributed by atoms with Gasteiger partial charge in [-0.1, -0.05) is 18.2 Å². The average molecular weight is 373 g/mol. The number of hydrazone groups is 1. The predicted molar refractivity (Wildman–Crippen MR) is 98.4 cm³/mol. The summed E-state index contributed by atoms with van der Waals surface area (Å²) in [6.45, 7) is 0.594. The van der Waals surface area contributed by atoms with E-state index in [9.17, 15) is 19.5 Å². The molecule has 0 saturated carbocycles. The molecule has 144 valence electrons. The maximum atomic E-state index is 13.0. The highest BCUT2D eigenvalue weighted by atomic mass is 16.5. The Morgan fingerprint density at radius 3 is 2.67 bits per heavy atom. The van der Waals surface area contributed by atoms with Gasteiger partial charge in [-0.2, -0.15) is 5.10 Å². The second-order valence-electron chi connectivity index (χ2n) is 6.94. The number of carboxylic acids is 1. The first-order chi connectivity index (χ1) is 13.0. The molecule has 2 aliphatic rings. The van der Waals surface area contributed by atoms with Crippen LogP contribution in [0.5, 0.6) is 0 Å². The van der Waals surface area contributed by atoms with Crippen molar-refractivity contribution in [1.82, 2.24) is 4.90 Å². The lowest BCUT2D eigenvalue weighted by Crippen LogP contribution is -2.54. The number of anilines is 1. The van der Waals surface area contributed by atoms with E-state index in [1.54, 1.807) is 24.3 Å². The molecule has 0 spiro atoms. The number of benzene rings is 1. The van der Waals surface area contributed by atoms with Crippen LogP contribution < -0.4 is 5.01 Å². The first-order valence-corrected chi connectivity index (χ1v) is 8.94. The third-order valence-corrected chi connectivity index (χ3v) is 5.02. The van der Waals surface area contributed by atoms with Crippen LogP contribution in [0.4, 0.5) is 5.69 Å².